The molecule has 0 N–H and O–H groups in total. The molecular formula is C18H24ClNO3S. The van der Waals surface area contributed by atoms with Crippen molar-refractivity contribution in [1.29, 1.82) is 0 Å². The molecule has 1 aliphatic heterocycles. The van der Waals surface area contributed by atoms with E-state index >= 15 is 0 Å². The molecule has 0 spiro atoms. The van der Waals surface area contributed by atoms with Gasteiger partial charge in [0, 0.05) is 18.1 Å². The van der Waals surface area contributed by atoms with E-state index in [9.17, 15) is 13.2 Å². The van der Waals surface area contributed by atoms with E-state index in [2.05, 4.69) is 6.92 Å². The summed E-state index contributed by atoms with van der Waals surface area (Å²) in [6.45, 7) is 3.51. The van der Waals surface area contributed by atoms with E-state index in [1.807, 2.05) is 0 Å². The highest BCUT2D eigenvalue weighted by atomic mass is 35.5. The summed E-state index contributed by atoms with van der Waals surface area (Å²) >= 11 is 5.88. The highest BCUT2D eigenvalue weighted by Crippen LogP contribution is 2.42. The minimum Gasteiger partial charge on any atom is -0.341 e. The second-order valence-electron chi connectivity index (χ2n) is 7.13. The van der Waals surface area contributed by atoms with Crippen LogP contribution >= 0.6 is 11.6 Å². The van der Waals surface area contributed by atoms with Gasteiger partial charge in [-0.2, -0.15) is 0 Å². The summed E-state index contributed by atoms with van der Waals surface area (Å²) in [6.07, 6.45) is 4.29. The number of benzene rings is 1. The van der Waals surface area contributed by atoms with Gasteiger partial charge in [-0.3, -0.25) is 4.79 Å². The highest BCUT2D eigenvalue weighted by Gasteiger charge is 2.54. The molecule has 132 valence electrons. The van der Waals surface area contributed by atoms with Gasteiger partial charge in [-0.25, -0.2) is 8.42 Å². The summed E-state index contributed by atoms with van der Waals surface area (Å²) in [4.78, 5) is 15.2. The number of carbonyl (C=O) groups is 1. The Labute approximate surface area is 149 Å². The maximum atomic E-state index is 13.3. The summed E-state index contributed by atoms with van der Waals surface area (Å²) in [6, 6.07) is 6.18. The zero-order valence-corrected chi connectivity index (χ0v) is 15.6. The maximum Gasteiger partial charge on any atom is 0.244 e. The van der Waals surface area contributed by atoms with E-state index in [0.29, 0.717) is 36.9 Å². The third kappa shape index (κ3) is 2.97. The number of halogens is 1. The molecule has 0 bridgehead atoms. The van der Waals surface area contributed by atoms with Crippen LogP contribution in [0.25, 0.3) is 0 Å². The van der Waals surface area contributed by atoms with Crippen molar-refractivity contribution in [1.82, 2.24) is 4.90 Å². The van der Waals surface area contributed by atoms with Crippen LogP contribution in [-0.4, -0.2) is 37.1 Å². The molecule has 6 heteroatoms. The van der Waals surface area contributed by atoms with Gasteiger partial charge in [-0.15, -0.1) is 0 Å². The van der Waals surface area contributed by atoms with Crippen LogP contribution in [0.4, 0.5) is 0 Å². The van der Waals surface area contributed by atoms with Crippen molar-refractivity contribution >= 4 is 27.3 Å². The molecule has 2 aliphatic rings. The number of amides is 1. The molecule has 1 amide bonds. The zero-order chi connectivity index (χ0) is 17.4. The molecule has 3 rings (SSSR count). The Hall–Kier alpha value is -1.07. The number of sulfone groups is 1. The number of rotatable bonds is 3. The van der Waals surface area contributed by atoms with E-state index in [4.69, 9.17) is 11.6 Å². The molecule has 1 aromatic carbocycles. The first kappa shape index (κ1) is 17.7. The summed E-state index contributed by atoms with van der Waals surface area (Å²) in [5.41, 5.74) is 0. The molecule has 4 nitrogen and oxygen atoms in total. The average molecular weight is 370 g/mol. The lowest BCUT2D eigenvalue weighted by Gasteiger charge is -2.37. The van der Waals surface area contributed by atoms with Crippen LogP contribution in [0, 0.1) is 5.92 Å². The quantitative estimate of drug-likeness (QED) is 0.816. The first-order chi connectivity index (χ1) is 11.4. The van der Waals surface area contributed by atoms with Crippen molar-refractivity contribution in [3.63, 3.8) is 0 Å². The molecule has 2 fully saturated rings. The number of carbonyl (C=O) groups excluding carboxylic acids is 1. The highest BCUT2D eigenvalue weighted by molar-refractivity contribution is 7.93. The van der Waals surface area contributed by atoms with E-state index in [1.165, 1.54) is 12.1 Å². The second-order valence-corrected chi connectivity index (χ2v) is 9.83. The van der Waals surface area contributed by atoms with Crippen LogP contribution in [0.1, 0.15) is 45.4 Å². The van der Waals surface area contributed by atoms with Crippen molar-refractivity contribution in [3.05, 3.63) is 29.3 Å². The number of nitrogens with zero attached hydrogens (tertiary/aromatic N) is 1. The van der Waals surface area contributed by atoms with Crippen LogP contribution in [0.2, 0.25) is 5.02 Å². The Morgan fingerprint density at radius 2 is 1.67 bits per heavy atom. The van der Waals surface area contributed by atoms with Crippen LogP contribution in [-0.2, 0) is 14.6 Å². The lowest BCUT2D eigenvalue weighted by atomic mass is 9.97. The first-order valence-corrected chi connectivity index (χ1v) is 10.5. The number of likely N-dealkylation sites (tertiary alicyclic amines) is 1. The van der Waals surface area contributed by atoms with Gasteiger partial charge in [0.1, 0.15) is 0 Å². The van der Waals surface area contributed by atoms with Crippen molar-refractivity contribution in [2.45, 2.75) is 55.1 Å². The molecule has 1 saturated carbocycles. The van der Waals surface area contributed by atoms with Crippen LogP contribution in [0.3, 0.4) is 0 Å². The summed E-state index contributed by atoms with van der Waals surface area (Å²) < 4.78 is 25.4. The Morgan fingerprint density at radius 1 is 1.12 bits per heavy atom. The normalized spacial score (nSPS) is 21.8. The molecule has 0 aromatic heterocycles. The minimum absolute atomic E-state index is 0.193. The Kier molecular flexibility index (Phi) is 4.94. The zero-order valence-electron chi connectivity index (χ0n) is 14.0. The van der Waals surface area contributed by atoms with E-state index in [0.717, 1.165) is 25.7 Å². The SMILES string of the molecule is CC1CCN(C(=O)C2(S(=O)(=O)c3ccc(Cl)cc3)CCCC2)CC1. The van der Waals surface area contributed by atoms with Gasteiger partial charge in [-0.05, 0) is 55.9 Å². The molecule has 24 heavy (non-hydrogen) atoms. The number of hydrogen-bond acceptors (Lipinski definition) is 3. The summed E-state index contributed by atoms with van der Waals surface area (Å²) in [5.74, 6) is 0.406. The van der Waals surface area contributed by atoms with Crippen molar-refractivity contribution in [3.8, 4) is 0 Å². The summed E-state index contributed by atoms with van der Waals surface area (Å²) in [5, 5.41) is 0.491. The Morgan fingerprint density at radius 3 is 2.21 bits per heavy atom. The summed E-state index contributed by atoms with van der Waals surface area (Å²) in [7, 11) is -3.73. The fraction of sp³-hybridized carbons (Fsp3) is 0.611. The van der Waals surface area contributed by atoms with Crippen LogP contribution in [0.5, 0.6) is 0 Å². The lowest BCUT2D eigenvalue weighted by Crippen LogP contribution is -2.54. The van der Waals surface area contributed by atoms with Gasteiger partial charge >= 0.3 is 0 Å². The fourth-order valence-electron chi connectivity index (χ4n) is 3.88. The number of hydrogen-bond donors (Lipinski definition) is 0. The molecule has 1 aromatic rings. The Bertz CT molecular complexity index is 700. The molecule has 0 radical (unpaired) electrons. The third-order valence-electron chi connectivity index (χ3n) is 5.51. The monoisotopic (exact) mass is 369 g/mol. The fourth-order valence-corrected chi connectivity index (χ4v) is 6.14. The third-order valence-corrected chi connectivity index (χ3v) is 8.27. The Balaban J connectivity index is 1.96. The molecule has 0 unspecified atom stereocenters. The van der Waals surface area contributed by atoms with E-state index in [-0.39, 0.29) is 10.8 Å². The van der Waals surface area contributed by atoms with Gasteiger partial charge in [0.15, 0.2) is 14.6 Å². The first-order valence-electron chi connectivity index (χ1n) is 8.66. The predicted molar refractivity (Wildman–Crippen MR) is 94.8 cm³/mol. The molecule has 1 heterocycles. The van der Waals surface area contributed by atoms with E-state index in [1.54, 1.807) is 17.0 Å². The number of piperidine rings is 1. The van der Waals surface area contributed by atoms with E-state index < -0.39 is 14.6 Å². The largest absolute Gasteiger partial charge is 0.341 e. The van der Waals surface area contributed by atoms with Crippen molar-refractivity contribution in [2.24, 2.45) is 5.92 Å². The minimum atomic E-state index is -3.73. The molecule has 1 aliphatic carbocycles. The van der Waals surface area contributed by atoms with Crippen molar-refractivity contribution < 1.29 is 13.2 Å². The predicted octanol–water partition coefficient (Wildman–Crippen LogP) is 3.69. The van der Waals surface area contributed by atoms with Gasteiger partial charge in [0.05, 0.1) is 4.90 Å². The average Bonchev–Trinajstić information content (AvgIpc) is 3.07. The van der Waals surface area contributed by atoms with Gasteiger partial charge in [0.2, 0.25) is 5.91 Å². The molecular weight excluding hydrogens is 346 g/mol. The van der Waals surface area contributed by atoms with Gasteiger partial charge < -0.3 is 4.90 Å². The lowest BCUT2D eigenvalue weighted by molar-refractivity contribution is -0.135. The van der Waals surface area contributed by atoms with Crippen molar-refractivity contribution in [2.75, 3.05) is 13.1 Å². The molecule has 1 saturated heterocycles. The van der Waals surface area contributed by atoms with Gasteiger partial charge in [-0.1, -0.05) is 31.4 Å². The molecule has 0 atom stereocenters. The van der Waals surface area contributed by atoms with Crippen LogP contribution < -0.4 is 0 Å². The topological polar surface area (TPSA) is 54.5 Å². The van der Waals surface area contributed by atoms with Gasteiger partial charge in [0.25, 0.3) is 0 Å². The maximum absolute atomic E-state index is 13.3. The van der Waals surface area contributed by atoms with Crippen LogP contribution in [0.15, 0.2) is 29.2 Å². The smallest absolute Gasteiger partial charge is 0.244 e. The second kappa shape index (κ2) is 6.68. The standard InChI is InChI=1S/C18H24ClNO3S/c1-14-8-12-20(13-9-14)17(21)18(10-2-3-11-18)24(22,23)16-6-4-15(19)5-7-16/h4-7,14H,2-3,8-13H2,1H3.